The number of nitrogens with zero attached hydrogens (tertiary/aromatic N) is 3. The van der Waals surface area contributed by atoms with Crippen molar-refractivity contribution in [3.63, 3.8) is 0 Å². The Balaban J connectivity index is 2.35. The lowest BCUT2D eigenvalue weighted by Crippen LogP contribution is -2.12. The predicted octanol–water partition coefficient (Wildman–Crippen LogP) is 0.0798. The number of hydrogen-bond acceptors (Lipinski definition) is 3. The lowest BCUT2D eigenvalue weighted by atomic mass is 10.3. The van der Waals surface area contributed by atoms with E-state index in [2.05, 4.69) is 15.6 Å². The van der Waals surface area contributed by atoms with E-state index in [1.165, 1.54) is 5.69 Å². The third-order valence-corrected chi connectivity index (χ3v) is 2.05. The largest absolute Gasteiger partial charge is 0.311 e. The van der Waals surface area contributed by atoms with Crippen LogP contribution in [0.25, 0.3) is 0 Å². The standard InChI is InChI=1S/C7H12N4/c1-6-7-5-8-3-2-4-11(7)10-9-6/h8H,2-5H2,1H3. The SMILES string of the molecule is Cc1nnn2c1CNCCC2. The van der Waals surface area contributed by atoms with Gasteiger partial charge >= 0.3 is 0 Å². The first-order chi connectivity index (χ1) is 5.38. The van der Waals surface area contributed by atoms with E-state index in [0.717, 1.165) is 31.7 Å². The first kappa shape index (κ1) is 6.79. The first-order valence-electron chi connectivity index (χ1n) is 3.97. The average Bonchev–Trinajstić information content (AvgIpc) is 2.25. The highest BCUT2D eigenvalue weighted by Crippen LogP contribution is 2.06. The third-order valence-electron chi connectivity index (χ3n) is 2.05. The summed E-state index contributed by atoms with van der Waals surface area (Å²) in [6.07, 6.45) is 1.15. The monoisotopic (exact) mass is 152 g/mol. The maximum atomic E-state index is 4.04. The van der Waals surface area contributed by atoms with Gasteiger partial charge in [-0.05, 0) is 19.9 Å². The van der Waals surface area contributed by atoms with Crippen LogP contribution in [0, 0.1) is 6.92 Å². The van der Waals surface area contributed by atoms with Crippen LogP contribution in [-0.4, -0.2) is 21.5 Å². The molecule has 0 bridgehead atoms. The zero-order valence-electron chi connectivity index (χ0n) is 6.67. The van der Waals surface area contributed by atoms with Crippen LogP contribution in [0.2, 0.25) is 0 Å². The Morgan fingerprint density at radius 3 is 3.36 bits per heavy atom. The van der Waals surface area contributed by atoms with Gasteiger partial charge in [0.05, 0.1) is 11.4 Å². The minimum Gasteiger partial charge on any atom is -0.311 e. The molecule has 1 N–H and O–H groups in total. The number of aryl methyl sites for hydroxylation is 2. The second-order valence-corrected chi connectivity index (χ2v) is 2.88. The summed E-state index contributed by atoms with van der Waals surface area (Å²) in [4.78, 5) is 0. The molecule has 0 saturated heterocycles. The van der Waals surface area contributed by atoms with Gasteiger partial charge in [-0.15, -0.1) is 5.10 Å². The molecule has 0 spiro atoms. The lowest BCUT2D eigenvalue weighted by Gasteiger charge is -1.98. The molecule has 0 unspecified atom stereocenters. The van der Waals surface area contributed by atoms with Gasteiger partial charge in [-0.2, -0.15) is 0 Å². The van der Waals surface area contributed by atoms with E-state index >= 15 is 0 Å². The highest BCUT2D eigenvalue weighted by atomic mass is 15.4. The van der Waals surface area contributed by atoms with E-state index in [0.29, 0.717) is 0 Å². The molecule has 0 saturated carbocycles. The molecule has 2 rings (SSSR count). The molecular formula is C7H12N4. The molecule has 1 aliphatic rings. The molecule has 0 radical (unpaired) electrons. The normalized spacial score (nSPS) is 17.5. The van der Waals surface area contributed by atoms with Gasteiger partial charge in [0.15, 0.2) is 0 Å². The molecule has 4 heteroatoms. The van der Waals surface area contributed by atoms with Crippen molar-refractivity contribution in [2.24, 2.45) is 0 Å². The van der Waals surface area contributed by atoms with Crippen LogP contribution in [0.15, 0.2) is 0 Å². The Kier molecular flexibility index (Phi) is 1.62. The Morgan fingerprint density at radius 2 is 2.45 bits per heavy atom. The molecule has 2 heterocycles. The van der Waals surface area contributed by atoms with Gasteiger partial charge in [-0.25, -0.2) is 4.68 Å². The van der Waals surface area contributed by atoms with E-state index in [-0.39, 0.29) is 0 Å². The zero-order chi connectivity index (χ0) is 7.68. The number of nitrogens with one attached hydrogen (secondary N) is 1. The molecular weight excluding hydrogens is 140 g/mol. The number of aromatic nitrogens is 3. The van der Waals surface area contributed by atoms with Crippen LogP contribution in [0.5, 0.6) is 0 Å². The number of rotatable bonds is 0. The summed E-state index contributed by atoms with van der Waals surface area (Å²) in [7, 11) is 0. The molecule has 0 atom stereocenters. The van der Waals surface area contributed by atoms with E-state index < -0.39 is 0 Å². The van der Waals surface area contributed by atoms with Crippen molar-refractivity contribution >= 4 is 0 Å². The highest BCUT2D eigenvalue weighted by Gasteiger charge is 2.10. The summed E-state index contributed by atoms with van der Waals surface area (Å²) < 4.78 is 2.00. The molecule has 0 fully saturated rings. The van der Waals surface area contributed by atoms with Crippen LogP contribution in [0.1, 0.15) is 17.8 Å². The van der Waals surface area contributed by atoms with Crippen LogP contribution < -0.4 is 5.32 Å². The maximum Gasteiger partial charge on any atom is 0.0841 e. The molecule has 0 aliphatic carbocycles. The number of fused-ring (bicyclic) bond motifs is 1. The van der Waals surface area contributed by atoms with Gasteiger partial charge in [0, 0.05) is 13.1 Å². The topological polar surface area (TPSA) is 42.7 Å². The average molecular weight is 152 g/mol. The Morgan fingerprint density at radius 1 is 1.55 bits per heavy atom. The minimum absolute atomic E-state index is 0.916. The Bertz CT molecular complexity index is 253. The fourth-order valence-corrected chi connectivity index (χ4v) is 1.38. The molecule has 1 aliphatic heterocycles. The fraction of sp³-hybridized carbons (Fsp3) is 0.714. The van der Waals surface area contributed by atoms with E-state index in [9.17, 15) is 0 Å². The van der Waals surface area contributed by atoms with Crippen LogP contribution in [-0.2, 0) is 13.1 Å². The fourth-order valence-electron chi connectivity index (χ4n) is 1.38. The molecule has 1 aromatic rings. The highest BCUT2D eigenvalue weighted by molar-refractivity contribution is 5.08. The van der Waals surface area contributed by atoms with E-state index in [1.807, 2.05) is 11.6 Å². The molecule has 11 heavy (non-hydrogen) atoms. The summed E-state index contributed by atoms with van der Waals surface area (Å²) in [6.45, 7) is 5.01. The van der Waals surface area contributed by atoms with Gasteiger partial charge in [0.2, 0.25) is 0 Å². The second kappa shape index (κ2) is 2.62. The molecule has 0 amide bonds. The molecule has 1 aromatic heterocycles. The minimum atomic E-state index is 0.916. The summed E-state index contributed by atoms with van der Waals surface area (Å²) >= 11 is 0. The first-order valence-corrected chi connectivity index (χ1v) is 3.97. The molecule has 4 nitrogen and oxygen atoms in total. The van der Waals surface area contributed by atoms with Crippen molar-refractivity contribution in [2.45, 2.75) is 26.4 Å². The second-order valence-electron chi connectivity index (χ2n) is 2.88. The maximum absolute atomic E-state index is 4.04. The van der Waals surface area contributed by atoms with Crippen LogP contribution >= 0.6 is 0 Å². The van der Waals surface area contributed by atoms with Gasteiger partial charge in [-0.1, -0.05) is 5.21 Å². The summed E-state index contributed by atoms with van der Waals surface area (Å²) in [5.74, 6) is 0. The molecule has 60 valence electrons. The third kappa shape index (κ3) is 1.14. The van der Waals surface area contributed by atoms with Crippen molar-refractivity contribution in [2.75, 3.05) is 6.54 Å². The van der Waals surface area contributed by atoms with Crippen molar-refractivity contribution < 1.29 is 0 Å². The summed E-state index contributed by atoms with van der Waals surface area (Å²) in [6, 6.07) is 0. The summed E-state index contributed by atoms with van der Waals surface area (Å²) in [5, 5.41) is 11.4. The van der Waals surface area contributed by atoms with E-state index in [4.69, 9.17) is 0 Å². The van der Waals surface area contributed by atoms with Crippen LogP contribution in [0.3, 0.4) is 0 Å². The van der Waals surface area contributed by atoms with Crippen LogP contribution in [0.4, 0.5) is 0 Å². The van der Waals surface area contributed by atoms with Crippen molar-refractivity contribution in [3.05, 3.63) is 11.4 Å². The Hall–Kier alpha value is -0.900. The Labute approximate surface area is 65.6 Å². The summed E-state index contributed by atoms with van der Waals surface area (Å²) in [5.41, 5.74) is 2.29. The van der Waals surface area contributed by atoms with Gasteiger partial charge in [0.25, 0.3) is 0 Å². The zero-order valence-corrected chi connectivity index (χ0v) is 6.67. The van der Waals surface area contributed by atoms with Gasteiger partial charge in [0.1, 0.15) is 0 Å². The quantitative estimate of drug-likeness (QED) is 0.572. The lowest BCUT2D eigenvalue weighted by molar-refractivity contribution is 0.566. The predicted molar refractivity (Wildman–Crippen MR) is 41.1 cm³/mol. The van der Waals surface area contributed by atoms with Crippen molar-refractivity contribution in [1.82, 2.24) is 20.3 Å². The smallest absolute Gasteiger partial charge is 0.0841 e. The molecule has 0 aromatic carbocycles. The van der Waals surface area contributed by atoms with Crippen molar-refractivity contribution in [1.29, 1.82) is 0 Å². The van der Waals surface area contributed by atoms with Crippen molar-refractivity contribution in [3.8, 4) is 0 Å². The van der Waals surface area contributed by atoms with E-state index in [1.54, 1.807) is 0 Å². The number of hydrogen-bond donors (Lipinski definition) is 1. The van der Waals surface area contributed by atoms with Gasteiger partial charge in [-0.3, -0.25) is 0 Å². The van der Waals surface area contributed by atoms with Gasteiger partial charge < -0.3 is 5.32 Å².